The number of nitrogens with two attached hydrogens (primary N) is 2. The van der Waals surface area contributed by atoms with Crippen LogP contribution >= 0.6 is 0 Å². The van der Waals surface area contributed by atoms with Gasteiger partial charge < -0.3 is 20.7 Å². The number of benzene rings is 1. The van der Waals surface area contributed by atoms with Crippen LogP contribution in [0.1, 0.15) is 5.56 Å². The molecular formula is C13H13N3O2. The summed E-state index contributed by atoms with van der Waals surface area (Å²) in [5.74, 6) is 0.361. The number of anilines is 2. The minimum Gasteiger partial charge on any atom is -0.445 e. The molecule has 5 nitrogen and oxygen atoms in total. The average molecular weight is 243 g/mol. The SMILES string of the molecule is Nc1c(N)n(OCc2ccccc2)c2occc12. The lowest BCUT2D eigenvalue weighted by atomic mass is 10.2. The summed E-state index contributed by atoms with van der Waals surface area (Å²) in [6.07, 6.45) is 1.56. The van der Waals surface area contributed by atoms with Crippen LogP contribution in [0.15, 0.2) is 47.1 Å². The third-order valence-corrected chi connectivity index (χ3v) is 2.82. The molecule has 0 atom stereocenters. The fourth-order valence-corrected chi connectivity index (χ4v) is 1.86. The molecule has 0 saturated heterocycles. The molecule has 18 heavy (non-hydrogen) atoms. The molecule has 92 valence electrons. The summed E-state index contributed by atoms with van der Waals surface area (Å²) in [6.45, 7) is 0.398. The van der Waals surface area contributed by atoms with Crippen LogP contribution in [0, 0.1) is 0 Å². The minimum absolute atomic E-state index is 0.361. The van der Waals surface area contributed by atoms with Crippen molar-refractivity contribution in [2.45, 2.75) is 6.61 Å². The molecule has 0 unspecified atom stereocenters. The van der Waals surface area contributed by atoms with Crippen LogP contribution < -0.4 is 16.3 Å². The molecule has 0 aliphatic rings. The number of nitrogen functional groups attached to an aromatic ring is 2. The van der Waals surface area contributed by atoms with Crippen molar-refractivity contribution in [1.29, 1.82) is 0 Å². The maximum absolute atomic E-state index is 5.88. The van der Waals surface area contributed by atoms with E-state index in [2.05, 4.69) is 0 Å². The molecule has 5 heteroatoms. The number of aromatic nitrogens is 1. The van der Waals surface area contributed by atoms with Gasteiger partial charge in [0.15, 0.2) is 5.82 Å². The van der Waals surface area contributed by atoms with Crippen molar-refractivity contribution in [3.05, 3.63) is 48.2 Å². The summed E-state index contributed by atoms with van der Waals surface area (Å²) in [6, 6.07) is 11.6. The van der Waals surface area contributed by atoms with Gasteiger partial charge in [-0.1, -0.05) is 30.3 Å². The Labute approximate surface area is 103 Å². The highest BCUT2D eigenvalue weighted by molar-refractivity contribution is 5.95. The van der Waals surface area contributed by atoms with E-state index in [0.717, 1.165) is 10.9 Å². The molecule has 3 aromatic rings. The molecule has 0 radical (unpaired) electrons. The predicted octanol–water partition coefficient (Wildman–Crippen LogP) is 2.03. The number of rotatable bonds is 3. The molecule has 0 aliphatic carbocycles. The first-order valence-corrected chi connectivity index (χ1v) is 5.57. The lowest BCUT2D eigenvalue weighted by molar-refractivity contribution is 0.105. The topological polar surface area (TPSA) is 79.3 Å². The van der Waals surface area contributed by atoms with E-state index < -0.39 is 0 Å². The van der Waals surface area contributed by atoms with Crippen LogP contribution in [0.2, 0.25) is 0 Å². The summed E-state index contributed by atoms with van der Waals surface area (Å²) in [7, 11) is 0. The van der Waals surface area contributed by atoms with Gasteiger partial charge in [-0.25, -0.2) is 0 Å². The Morgan fingerprint density at radius 2 is 1.89 bits per heavy atom. The van der Waals surface area contributed by atoms with Gasteiger partial charge in [-0.05, 0) is 11.6 Å². The van der Waals surface area contributed by atoms with Crippen molar-refractivity contribution in [3.63, 3.8) is 0 Å². The van der Waals surface area contributed by atoms with Crippen molar-refractivity contribution in [2.24, 2.45) is 0 Å². The van der Waals surface area contributed by atoms with E-state index in [1.54, 1.807) is 12.3 Å². The number of fused-ring (bicyclic) bond motifs is 1. The van der Waals surface area contributed by atoms with Crippen molar-refractivity contribution < 1.29 is 9.25 Å². The summed E-state index contributed by atoms with van der Waals surface area (Å²) < 4.78 is 6.75. The molecule has 3 rings (SSSR count). The molecule has 0 fully saturated rings. The number of furan rings is 1. The van der Waals surface area contributed by atoms with Crippen LogP contribution in [-0.2, 0) is 6.61 Å². The monoisotopic (exact) mass is 243 g/mol. The first kappa shape index (κ1) is 10.6. The first-order chi connectivity index (χ1) is 8.77. The van der Waals surface area contributed by atoms with Gasteiger partial charge in [0.05, 0.1) is 17.3 Å². The quantitative estimate of drug-likeness (QED) is 0.737. The number of hydrogen-bond acceptors (Lipinski definition) is 4. The van der Waals surface area contributed by atoms with Gasteiger partial charge in [0.1, 0.15) is 6.61 Å². The standard InChI is InChI=1S/C13H13N3O2/c14-11-10-6-7-17-13(10)16(12(11)15)18-8-9-4-2-1-3-5-9/h1-7H,8,14-15H2. The van der Waals surface area contributed by atoms with E-state index in [0.29, 0.717) is 23.8 Å². The van der Waals surface area contributed by atoms with Gasteiger partial charge in [-0.2, -0.15) is 0 Å². The molecule has 0 saturated carbocycles. The second kappa shape index (κ2) is 4.03. The van der Waals surface area contributed by atoms with Crippen molar-refractivity contribution in [1.82, 2.24) is 4.73 Å². The maximum Gasteiger partial charge on any atom is 0.244 e. The van der Waals surface area contributed by atoms with Crippen LogP contribution in [0.4, 0.5) is 11.5 Å². The van der Waals surface area contributed by atoms with E-state index in [1.165, 1.54) is 4.73 Å². The van der Waals surface area contributed by atoms with Gasteiger partial charge in [-0.3, -0.25) is 0 Å². The minimum atomic E-state index is 0.361. The van der Waals surface area contributed by atoms with Gasteiger partial charge in [-0.15, -0.1) is 4.73 Å². The molecule has 4 N–H and O–H groups in total. The van der Waals surface area contributed by atoms with Gasteiger partial charge in [0.2, 0.25) is 5.71 Å². The van der Waals surface area contributed by atoms with Crippen LogP contribution in [0.3, 0.4) is 0 Å². The fourth-order valence-electron chi connectivity index (χ4n) is 1.86. The van der Waals surface area contributed by atoms with Crippen molar-refractivity contribution in [2.75, 3.05) is 11.5 Å². The molecule has 1 aromatic carbocycles. The number of nitrogens with zero attached hydrogens (tertiary/aromatic N) is 1. The number of hydrogen-bond donors (Lipinski definition) is 2. The lowest BCUT2D eigenvalue weighted by Gasteiger charge is -2.08. The fraction of sp³-hybridized carbons (Fsp3) is 0.0769. The normalized spacial score (nSPS) is 10.9. The van der Waals surface area contributed by atoms with E-state index in [1.807, 2.05) is 30.3 Å². The molecule has 0 spiro atoms. The lowest BCUT2D eigenvalue weighted by Crippen LogP contribution is -2.13. The highest BCUT2D eigenvalue weighted by Crippen LogP contribution is 2.30. The largest absolute Gasteiger partial charge is 0.445 e. The van der Waals surface area contributed by atoms with Crippen molar-refractivity contribution >= 4 is 22.6 Å². The third kappa shape index (κ3) is 1.57. The Hall–Kier alpha value is -2.56. The second-order valence-electron chi connectivity index (χ2n) is 3.99. The zero-order valence-corrected chi connectivity index (χ0v) is 9.67. The highest BCUT2D eigenvalue weighted by atomic mass is 16.7. The van der Waals surface area contributed by atoms with Crippen LogP contribution in [0.5, 0.6) is 0 Å². The van der Waals surface area contributed by atoms with Crippen LogP contribution in [-0.4, -0.2) is 4.73 Å². The Morgan fingerprint density at radius 1 is 1.11 bits per heavy atom. The Kier molecular flexibility index (Phi) is 2.37. The Bertz CT molecular complexity index is 670. The van der Waals surface area contributed by atoms with Gasteiger partial charge >= 0.3 is 0 Å². The summed E-state index contributed by atoms with van der Waals surface area (Å²) in [5, 5.41) is 0.764. The zero-order valence-electron chi connectivity index (χ0n) is 9.67. The molecular weight excluding hydrogens is 230 g/mol. The Balaban J connectivity index is 1.91. The zero-order chi connectivity index (χ0) is 12.5. The molecule has 2 aromatic heterocycles. The van der Waals surface area contributed by atoms with Gasteiger partial charge in [0, 0.05) is 0 Å². The Morgan fingerprint density at radius 3 is 2.67 bits per heavy atom. The van der Waals surface area contributed by atoms with Crippen LogP contribution in [0.25, 0.3) is 11.1 Å². The molecule has 2 heterocycles. The summed E-state index contributed by atoms with van der Waals surface area (Å²) >= 11 is 0. The van der Waals surface area contributed by atoms with Gasteiger partial charge in [0.25, 0.3) is 0 Å². The summed E-state index contributed by atoms with van der Waals surface area (Å²) in [5.41, 5.74) is 13.8. The summed E-state index contributed by atoms with van der Waals surface area (Å²) in [4.78, 5) is 5.63. The van der Waals surface area contributed by atoms with E-state index in [-0.39, 0.29) is 0 Å². The molecule has 0 aliphatic heterocycles. The highest BCUT2D eigenvalue weighted by Gasteiger charge is 2.16. The third-order valence-electron chi connectivity index (χ3n) is 2.82. The second-order valence-corrected chi connectivity index (χ2v) is 3.99. The molecule has 0 amide bonds. The van der Waals surface area contributed by atoms with E-state index in [9.17, 15) is 0 Å². The molecule has 0 bridgehead atoms. The smallest absolute Gasteiger partial charge is 0.244 e. The first-order valence-electron chi connectivity index (χ1n) is 5.57. The van der Waals surface area contributed by atoms with E-state index >= 15 is 0 Å². The average Bonchev–Trinajstić information content (AvgIpc) is 2.95. The predicted molar refractivity (Wildman–Crippen MR) is 69.8 cm³/mol. The van der Waals surface area contributed by atoms with E-state index in [4.69, 9.17) is 20.7 Å². The maximum atomic E-state index is 5.88. The van der Waals surface area contributed by atoms with Crippen molar-refractivity contribution in [3.8, 4) is 0 Å².